The first-order valence-electron chi connectivity index (χ1n) is 6.26. The third kappa shape index (κ3) is 5.33. The molecule has 0 aromatic carbocycles. The molecular weight excluding hydrogens is 200 g/mol. The molecule has 92 valence electrons. The summed E-state index contributed by atoms with van der Waals surface area (Å²) < 4.78 is 5.36. The Morgan fingerprint density at radius 1 is 1.31 bits per heavy atom. The molecule has 0 amide bonds. The molecular formula is C13H24N2O. The molecule has 1 aromatic heterocycles. The van der Waals surface area contributed by atoms with E-state index in [4.69, 9.17) is 4.42 Å². The standard InChI is InChI=1S/C13H24N2O/c1-3-15(10-6-4-5-9-14-2)12-13-8-7-11-16-13/h7-8,11,14H,3-6,9-10,12H2,1-2H3. The lowest BCUT2D eigenvalue weighted by atomic mass is 10.2. The van der Waals surface area contributed by atoms with Crippen LogP contribution in [0, 0.1) is 0 Å². The minimum atomic E-state index is 0.940. The monoisotopic (exact) mass is 224 g/mol. The molecule has 0 unspecified atom stereocenters. The van der Waals surface area contributed by atoms with Crippen molar-refractivity contribution >= 4 is 0 Å². The zero-order valence-corrected chi connectivity index (χ0v) is 10.5. The van der Waals surface area contributed by atoms with Crippen LogP contribution >= 0.6 is 0 Å². The predicted molar refractivity (Wildman–Crippen MR) is 67.4 cm³/mol. The molecule has 3 nitrogen and oxygen atoms in total. The normalized spacial score (nSPS) is 11.2. The molecule has 0 bridgehead atoms. The quantitative estimate of drug-likeness (QED) is 0.653. The van der Waals surface area contributed by atoms with Crippen LogP contribution in [0.4, 0.5) is 0 Å². The Morgan fingerprint density at radius 3 is 2.81 bits per heavy atom. The summed E-state index contributed by atoms with van der Waals surface area (Å²) in [5.41, 5.74) is 0. The fourth-order valence-electron chi connectivity index (χ4n) is 1.79. The van der Waals surface area contributed by atoms with Crippen LogP contribution in [0.5, 0.6) is 0 Å². The second-order valence-corrected chi connectivity index (χ2v) is 4.11. The van der Waals surface area contributed by atoms with Gasteiger partial charge in [-0.2, -0.15) is 0 Å². The first kappa shape index (κ1) is 13.3. The van der Waals surface area contributed by atoms with E-state index in [0.717, 1.165) is 25.4 Å². The molecule has 0 saturated heterocycles. The van der Waals surface area contributed by atoms with Gasteiger partial charge in [-0.3, -0.25) is 4.90 Å². The van der Waals surface area contributed by atoms with Crippen molar-refractivity contribution in [1.82, 2.24) is 10.2 Å². The fraction of sp³-hybridized carbons (Fsp3) is 0.692. The Hall–Kier alpha value is -0.800. The number of furan rings is 1. The van der Waals surface area contributed by atoms with Gasteiger partial charge < -0.3 is 9.73 Å². The Kier molecular flexibility index (Phi) is 6.93. The van der Waals surface area contributed by atoms with Gasteiger partial charge in [-0.05, 0) is 51.7 Å². The molecule has 1 rings (SSSR count). The summed E-state index contributed by atoms with van der Waals surface area (Å²) in [6.07, 6.45) is 5.59. The molecule has 0 aliphatic carbocycles. The number of hydrogen-bond donors (Lipinski definition) is 1. The summed E-state index contributed by atoms with van der Waals surface area (Å²) >= 11 is 0. The molecule has 0 saturated carbocycles. The maximum absolute atomic E-state index is 5.36. The van der Waals surface area contributed by atoms with Gasteiger partial charge in [-0.1, -0.05) is 13.3 Å². The highest BCUT2D eigenvalue weighted by Crippen LogP contribution is 2.06. The molecule has 0 fully saturated rings. The Bertz CT molecular complexity index is 246. The van der Waals surface area contributed by atoms with Gasteiger partial charge in [0.05, 0.1) is 12.8 Å². The van der Waals surface area contributed by atoms with E-state index in [0.29, 0.717) is 0 Å². The molecule has 0 aliphatic heterocycles. The van der Waals surface area contributed by atoms with Crippen LogP contribution in [0.25, 0.3) is 0 Å². The van der Waals surface area contributed by atoms with Crippen LogP contribution in [-0.4, -0.2) is 31.6 Å². The van der Waals surface area contributed by atoms with Crippen molar-refractivity contribution in [3.63, 3.8) is 0 Å². The minimum absolute atomic E-state index is 0.940. The fourth-order valence-corrected chi connectivity index (χ4v) is 1.79. The van der Waals surface area contributed by atoms with Crippen LogP contribution < -0.4 is 5.32 Å². The van der Waals surface area contributed by atoms with E-state index in [1.807, 2.05) is 19.2 Å². The Balaban J connectivity index is 2.12. The molecule has 0 spiro atoms. The molecule has 1 heterocycles. The summed E-state index contributed by atoms with van der Waals surface area (Å²) in [6, 6.07) is 4.00. The summed E-state index contributed by atoms with van der Waals surface area (Å²) in [7, 11) is 2.01. The van der Waals surface area contributed by atoms with Gasteiger partial charge in [-0.25, -0.2) is 0 Å². The minimum Gasteiger partial charge on any atom is -0.468 e. The number of nitrogens with one attached hydrogen (secondary N) is 1. The number of hydrogen-bond acceptors (Lipinski definition) is 3. The van der Waals surface area contributed by atoms with Crippen molar-refractivity contribution in [3.05, 3.63) is 24.2 Å². The van der Waals surface area contributed by atoms with E-state index in [9.17, 15) is 0 Å². The summed E-state index contributed by atoms with van der Waals surface area (Å²) in [5, 5.41) is 3.18. The molecule has 0 radical (unpaired) electrons. The summed E-state index contributed by atoms with van der Waals surface area (Å²) in [5.74, 6) is 1.07. The molecule has 1 aromatic rings. The van der Waals surface area contributed by atoms with Crippen molar-refractivity contribution in [2.24, 2.45) is 0 Å². The largest absolute Gasteiger partial charge is 0.468 e. The topological polar surface area (TPSA) is 28.4 Å². The van der Waals surface area contributed by atoms with Crippen molar-refractivity contribution in [2.75, 3.05) is 26.7 Å². The average Bonchev–Trinajstić information content (AvgIpc) is 2.80. The average molecular weight is 224 g/mol. The van der Waals surface area contributed by atoms with E-state index in [1.54, 1.807) is 6.26 Å². The van der Waals surface area contributed by atoms with Crippen LogP contribution in [0.2, 0.25) is 0 Å². The second-order valence-electron chi connectivity index (χ2n) is 4.11. The zero-order chi connectivity index (χ0) is 11.6. The van der Waals surface area contributed by atoms with E-state index in [-0.39, 0.29) is 0 Å². The van der Waals surface area contributed by atoms with Gasteiger partial charge in [0, 0.05) is 0 Å². The number of nitrogens with zero attached hydrogens (tertiary/aromatic N) is 1. The van der Waals surface area contributed by atoms with Gasteiger partial charge in [-0.15, -0.1) is 0 Å². The second kappa shape index (κ2) is 8.36. The first-order chi connectivity index (χ1) is 7.86. The third-order valence-electron chi connectivity index (χ3n) is 2.81. The van der Waals surface area contributed by atoms with Gasteiger partial charge >= 0.3 is 0 Å². The van der Waals surface area contributed by atoms with E-state index in [2.05, 4.69) is 17.1 Å². The smallest absolute Gasteiger partial charge is 0.117 e. The SMILES string of the molecule is CCN(CCCCCNC)Cc1ccco1. The lowest BCUT2D eigenvalue weighted by Gasteiger charge is -2.18. The first-order valence-corrected chi connectivity index (χ1v) is 6.26. The van der Waals surface area contributed by atoms with E-state index in [1.165, 1.54) is 25.8 Å². The molecule has 16 heavy (non-hydrogen) atoms. The lowest BCUT2D eigenvalue weighted by molar-refractivity contribution is 0.250. The maximum atomic E-state index is 5.36. The highest BCUT2D eigenvalue weighted by atomic mass is 16.3. The van der Waals surface area contributed by atoms with Gasteiger partial charge in [0.25, 0.3) is 0 Å². The lowest BCUT2D eigenvalue weighted by Crippen LogP contribution is -2.24. The Morgan fingerprint density at radius 2 is 2.19 bits per heavy atom. The highest BCUT2D eigenvalue weighted by Gasteiger charge is 2.04. The van der Waals surface area contributed by atoms with Crippen molar-refractivity contribution < 1.29 is 4.42 Å². The summed E-state index contributed by atoms with van der Waals surface area (Å²) in [4.78, 5) is 2.43. The van der Waals surface area contributed by atoms with Gasteiger partial charge in [0.1, 0.15) is 5.76 Å². The van der Waals surface area contributed by atoms with Gasteiger partial charge in [0.2, 0.25) is 0 Å². The number of unbranched alkanes of at least 4 members (excludes halogenated alkanes) is 2. The summed E-state index contributed by atoms with van der Waals surface area (Å²) in [6.45, 7) is 6.53. The van der Waals surface area contributed by atoms with Crippen molar-refractivity contribution in [2.45, 2.75) is 32.7 Å². The van der Waals surface area contributed by atoms with Gasteiger partial charge in [0.15, 0.2) is 0 Å². The third-order valence-corrected chi connectivity index (χ3v) is 2.81. The molecule has 1 N–H and O–H groups in total. The van der Waals surface area contributed by atoms with Crippen LogP contribution in [-0.2, 0) is 6.54 Å². The van der Waals surface area contributed by atoms with E-state index < -0.39 is 0 Å². The Labute approximate surface area is 98.8 Å². The highest BCUT2D eigenvalue weighted by molar-refractivity contribution is 4.97. The van der Waals surface area contributed by atoms with Crippen molar-refractivity contribution in [1.29, 1.82) is 0 Å². The zero-order valence-electron chi connectivity index (χ0n) is 10.5. The van der Waals surface area contributed by atoms with Crippen LogP contribution in [0.3, 0.4) is 0 Å². The molecule has 0 atom stereocenters. The maximum Gasteiger partial charge on any atom is 0.117 e. The molecule has 0 aliphatic rings. The van der Waals surface area contributed by atoms with Crippen LogP contribution in [0.15, 0.2) is 22.8 Å². The predicted octanol–water partition coefficient (Wildman–Crippen LogP) is 2.49. The van der Waals surface area contributed by atoms with Crippen molar-refractivity contribution in [3.8, 4) is 0 Å². The van der Waals surface area contributed by atoms with E-state index >= 15 is 0 Å². The molecule has 3 heteroatoms. The van der Waals surface area contributed by atoms with Crippen LogP contribution in [0.1, 0.15) is 31.9 Å². The number of rotatable bonds is 9.